The van der Waals surface area contributed by atoms with Crippen LogP contribution in [0.25, 0.3) is 16.6 Å². The minimum Gasteiger partial charge on any atom is -0.364 e. The highest BCUT2D eigenvalue weighted by molar-refractivity contribution is 14.2. The maximum atomic E-state index is 7.58. The van der Waals surface area contributed by atoms with Gasteiger partial charge in [0.05, 0.1) is 0 Å². The Kier molecular flexibility index (Phi) is 5.67. The SMILES string of the molecule is C[C@H]1CC(Cn2ccc3cc(/C(C=N)=C/NPI)cnc32)CN1. The number of nitrogens with zero attached hydrogens (tertiary/aromatic N) is 2. The van der Waals surface area contributed by atoms with Crippen molar-refractivity contribution >= 4 is 51.2 Å². The molecule has 1 saturated heterocycles. The van der Waals surface area contributed by atoms with Gasteiger partial charge in [0.1, 0.15) is 5.65 Å². The Morgan fingerprint density at radius 2 is 2.52 bits per heavy atom. The summed E-state index contributed by atoms with van der Waals surface area (Å²) >= 11 is 2.27. The number of pyridine rings is 1. The third-order valence-electron chi connectivity index (χ3n) is 4.27. The smallest absolute Gasteiger partial charge is 0.139 e. The van der Waals surface area contributed by atoms with Crippen molar-refractivity contribution in [2.24, 2.45) is 5.92 Å². The van der Waals surface area contributed by atoms with Crippen molar-refractivity contribution in [1.82, 2.24) is 20.0 Å². The standard InChI is InChI=1S/C16H21IN5P/c1-11-4-12(7-19-11)10-22-3-2-13-5-14(8-20-16(13)22)15(6-18)9-21-23-17/h2-3,5-6,8-9,11-12,18-19,21,23H,4,7,10H2,1H3/b15-9+,18-6?/t11-,12?/m0/s1. The Labute approximate surface area is 151 Å². The number of allylic oxidation sites excluding steroid dienone is 1. The molecule has 3 N–H and O–H groups in total. The molecule has 2 aromatic rings. The van der Waals surface area contributed by atoms with Crippen molar-refractivity contribution in [3.63, 3.8) is 0 Å². The molecule has 1 aliphatic rings. The lowest BCUT2D eigenvalue weighted by atomic mass is 10.1. The maximum Gasteiger partial charge on any atom is 0.139 e. The van der Waals surface area contributed by atoms with Crippen LogP contribution in [0.1, 0.15) is 18.9 Å². The second kappa shape index (κ2) is 7.73. The summed E-state index contributed by atoms with van der Waals surface area (Å²) in [5.74, 6) is 0.674. The van der Waals surface area contributed by atoms with Crippen molar-refractivity contribution in [3.8, 4) is 0 Å². The molecule has 0 bridgehead atoms. The third-order valence-corrected chi connectivity index (χ3v) is 5.46. The molecule has 0 amide bonds. The van der Waals surface area contributed by atoms with Crippen molar-refractivity contribution in [1.29, 1.82) is 5.41 Å². The summed E-state index contributed by atoms with van der Waals surface area (Å²) in [7, 11) is 0. The third kappa shape index (κ3) is 3.92. The summed E-state index contributed by atoms with van der Waals surface area (Å²) < 4.78 is 2.25. The van der Waals surface area contributed by atoms with Crippen LogP contribution in [-0.2, 0) is 6.54 Å². The first-order valence-electron chi connectivity index (χ1n) is 7.71. The van der Waals surface area contributed by atoms with Crippen LogP contribution >= 0.6 is 28.4 Å². The molecule has 3 heterocycles. The van der Waals surface area contributed by atoms with Gasteiger partial charge in [-0.15, -0.1) is 0 Å². The van der Waals surface area contributed by atoms with Gasteiger partial charge in [-0.2, -0.15) is 0 Å². The number of hydrogen-bond donors (Lipinski definition) is 3. The van der Waals surface area contributed by atoms with Crippen molar-refractivity contribution in [3.05, 3.63) is 36.3 Å². The van der Waals surface area contributed by atoms with Crippen LogP contribution < -0.4 is 10.4 Å². The first kappa shape index (κ1) is 16.9. The van der Waals surface area contributed by atoms with Gasteiger partial charge in [-0.25, -0.2) is 4.98 Å². The molecule has 23 heavy (non-hydrogen) atoms. The lowest BCUT2D eigenvalue weighted by molar-refractivity contribution is 0.481. The molecule has 3 atom stereocenters. The molecular weight excluding hydrogens is 420 g/mol. The topological polar surface area (TPSA) is 65.7 Å². The zero-order valence-corrected chi connectivity index (χ0v) is 16.2. The molecule has 0 aliphatic carbocycles. The largest absolute Gasteiger partial charge is 0.364 e. The molecule has 122 valence electrons. The second-order valence-corrected chi connectivity index (χ2v) is 8.09. The molecule has 1 aliphatic heterocycles. The summed E-state index contributed by atoms with van der Waals surface area (Å²) in [5, 5.41) is 15.4. The van der Waals surface area contributed by atoms with E-state index < -0.39 is 0 Å². The fourth-order valence-electron chi connectivity index (χ4n) is 3.15. The van der Waals surface area contributed by atoms with Crippen LogP contribution in [0, 0.1) is 11.3 Å². The molecule has 0 radical (unpaired) electrons. The first-order valence-corrected chi connectivity index (χ1v) is 11.8. The van der Waals surface area contributed by atoms with Gasteiger partial charge in [-0.05, 0) is 60.0 Å². The van der Waals surface area contributed by atoms with E-state index in [0.29, 0.717) is 18.3 Å². The molecule has 3 rings (SSSR count). The fourth-order valence-corrected chi connectivity index (χ4v) is 3.83. The van der Waals surface area contributed by atoms with Crippen LogP contribution in [0.15, 0.2) is 30.7 Å². The Bertz CT molecular complexity index is 726. The first-order chi connectivity index (χ1) is 11.2. The number of rotatable bonds is 6. The number of aromatic nitrogens is 2. The molecule has 2 aromatic heterocycles. The van der Waals surface area contributed by atoms with Crippen LogP contribution in [0.2, 0.25) is 0 Å². The molecule has 5 nitrogen and oxygen atoms in total. The molecule has 2 unspecified atom stereocenters. The highest BCUT2D eigenvalue weighted by Crippen LogP contribution is 2.23. The minimum absolute atomic E-state index is 0.594. The zero-order valence-electron chi connectivity index (χ0n) is 13.0. The predicted octanol–water partition coefficient (Wildman–Crippen LogP) is 3.56. The quantitative estimate of drug-likeness (QED) is 0.365. The van der Waals surface area contributed by atoms with Crippen LogP contribution in [-0.4, -0.2) is 28.4 Å². The monoisotopic (exact) mass is 441 g/mol. The lowest BCUT2D eigenvalue weighted by Crippen LogP contribution is -2.17. The van der Waals surface area contributed by atoms with Gasteiger partial charge in [-0.1, -0.05) is 0 Å². The van der Waals surface area contributed by atoms with Gasteiger partial charge < -0.3 is 20.4 Å². The van der Waals surface area contributed by atoms with E-state index in [0.717, 1.165) is 35.3 Å². The van der Waals surface area contributed by atoms with E-state index in [1.807, 2.05) is 12.4 Å². The van der Waals surface area contributed by atoms with E-state index in [1.54, 1.807) is 0 Å². The van der Waals surface area contributed by atoms with E-state index in [9.17, 15) is 0 Å². The summed E-state index contributed by atoms with van der Waals surface area (Å²) in [5.41, 5.74) is 2.86. The summed E-state index contributed by atoms with van der Waals surface area (Å²) in [4.78, 5) is 4.65. The van der Waals surface area contributed by atoms with Gasteiger partial charge in [0.15, 0.2) is 0 Å². The van der Waals surface area contributed by atoms with Gasteiger partial charge in [-0.3, -0.25) is 0 Å². The summed E-state index contributed by atoms with van der Waals surface area (Å²) in [6, 6.07) is 4.85. The Morgan fingerprint density at radius 3 is 3.22 bits per heavy atom. The fraction of sp³-hybridized carbons (Fsp3) is 0.375. The summed E-state index contributed by atoms with van der Waals surface area (Å²) in [6.07, 6.45) is 9.06. The molecule has 0 aromatic carbocycles. The molecule has 0 spiro atoms. The van der Waals surface area contributed by atoms with Crippen molar-refractivity contribution in [2.45, 2.75) is 25.9 Å². The number of halogens is 1. The van der Waals surface area contributed by atoms with E-state index in [1.165, 1.54) is 12.6 Å². The molecular formula is C16H21IN5P. The Hall–Kier alpha value is -0.980. The average Bonchev–Trinajstić information content (AvgIpc) is 3.15. The highest BCUT2D eigenvalue weighted by Gasteiger charge is 2.21. The van der Waals surface area contributed by atoms with Crippen molar-refractivity contribution in [2.75, 3.05) is 6.54 Å². The van der Waals surface area contributed by atoms with Crippen molar-refractivity contribution < 1.29 is 0 Å². The summed E-state index contributed by atoms with van der Waals surface area (Å²) in [6.45, 7) is 4.34. The van der Waals surface area contributed by atoms with E-state index in [-0.39, 0.29) is 0 Å². The molecule has 7 heteroatoms. The maximum absolute atomic E-state index is 7.58. The predicted molar refractivity (Wildman–Crippen MR) is 108 cm³/mol. The lowest BCUT2D eigenvalue weighted by Gasteiger charge is -2.11. The number of fused-ring (bicyclic) bond motifs is 1. The van der Waals surface area contributed by atoms with E-state index in [2.05, 4.69) is 67.2 Å². The second-order valence-electron chi connectivity index (χ2n) is 6.00. The van der Waals surface area contributed by atoms with Gasteiger partial charge >= 0.3 is 0 Å². The normalized spacial score (nSPS) is 22.3. The van der Waals surface area contributed by atoms with E-state index >= 15 is 0 Å². The molecule has 0 saturated carbocycles. The Balaban J connectivity index is 1.83. The highest BCUT2D eigenvalue weighted by atomic mass is 127. The Morgan fingerprint density at radius 1 is 1.65 bits per heavy atom. The zero-order chi connectivity index (χ0) is 16.2. The van der Waals surface area contributed by atoms with E-state index in [4.69, 9.17) is 5.41 Å². The van der Waals surface area contributed by atoms with Gasteiger partial charge in [0, 0.05) is 60.3 Å². The van der Waals surface area contributed by atoms with Gasteiger partial charge in [0.25, 0.3) is 0 Å². The average molecular weight is 441 g/mol. The molecule has 1 fully saturated rings. The number of hydrogen-bond acceptors (Lipinski definition) is 4. The van der Waals surface area contributed by atoms with Crippen LogP contribution in [0.4, 0.5) is 0 Å². The minimum atomic E-state index is 0.594. The van der Waals surface area contributed by atoms with Crippen LogP contribution in [0.5, 0.6) is 0 Å². The van der Waals surface area contributed by atoms with Gasteiger partial charge in [0.2, 0.25) is 0 Å². The van der Waals surface area contributed by atoms with Crippen LogP contribution in [0.3, 0.4) is 0 Å². The number of nitrogens with one attached hydrogen (secondary N) is 3.